The van der Waals surface area contributed by atoms with Crippen LogP contribution in [0.1, 0.15) is 30.3 Å². The van der Waals surface area contributed by atoms with Crippen LogP contribution in [0.2, 0.25) is 0 Å². The summed E-state index contributed by atoms with van der Waals surface area (Å²) in [5.41, 5.74) is 6.85. The van der Waals surface area contributed by atoms with Crippen molar-refractivity contribution >= 4 is 39.3 Å². The Bertz CT molecular complexity index is 558. The van der Waals surface area contributed by atoms with E-state index in [2.05, 4.69) is 4.98 Å². The highest BCUT2D eigenvalue weighted by Gasteiger charge is 2.37. The van der Waals surface area contributed by atoms with Gasteiger partial charge in [-0.15, -0.1) is 11.3 Å². The van der Waals surface area contributed by atoms with E-state index in [9.17, 15) is 9.59 Å². The maximum Gasteiger partial charge on any atom is 0.224 e. The van der Waals surface area contributed by atoms with Gasteiger partial charge in [0.25, 0.3) is 0 Å². The zero-order chi connectivity index (χ0) is 14.3. The monoisotopic (exact) mass is 311 g/mol. The number of aryl methyl sites for hydroxylation is 1. The molecule has 2 atom stereocenters. The molecule has 3 rings (SSSR count). The van der Waals surface area contributed by atoms with Crippen molar-refractivity contribution in [2.75, 3.05) is 12.3 Å². The lowest BCUT2D eigenvalue weighted by atomic mass is 9.96. The van der Waals surface area contributed by atoms with Crippen LogP contribution in [-0.2, 0) is 22.4 Å². The lowest BCUT2D eigenvalue weighted by Gasteiger charge is -2.30. The highest BCUT2D eigenvalue weighted by atomic mass is 32.2. The second kappa shape index (κ2) is 5.37. The smallest absolute Gasteiger partial charge is 0.224 e. The first-order chi connectivity index (χ1) is 9.52. The van der Waals surface area contributed by atoms with Crippen LogP contribution in [0.25, 0.3) is 0 Å². The molecule has 0 bridgehead atoms. The van der Waals surface area contributed by atoms with Gasteiger partial charge in [-0.3, -0.25) is 9.59 Å². The Hall–Kier alpha value is -1.08. The normalized spacial score (nSPS) is 25.9. The van der Waals surface area contributed by atoms with Crippen molar-refractivity contribution in [3.8, 4) is 0 Å². The number of hydrogen-bond acceptors (Lipinski definition) is 6. The molecule has 5 nitrogen and oxygen atoms in total. The van der Waals surface area contributed by atoms with Gasteiger partial charge in [0.2, 0.25) is 5.91 Å². The molecule has 0 radical (unpaired) electrons. The molecule has 1 fully saturated rings. The van der Waals surface area contributed by atoms with Gasteiger partial charge in [0.15, 0.2) is 10.2 Å². The number of thioether (sulfide) groups is 1. The SMILES string of the molecule is CC(=O)SC1CC(=O)N([C@H]2CCc3nc(N)sc3C2)C1. The predicted molar refractivity (Wildman–Crippen MR) is 80.7 cm³/mol. The van der Waals surface area contributed by atoms with Crippen molar-refractivity contribution in [2.45, 2.75) is 43.9 Å². The molecule has 1 aromatic heterocycles. The number of carbonyl (C=O) groups excluding carboxylic acids is 2. The van der Waals surface area contributed by atoms with E-state index in [1.54, 1.807) is 6.92 Å². The molecule has 1 amide bonds. The van der Waals surface area contributed by atoms with Gasteiger partial charge < -0.3 is 10.6 Å². The van der Waals surface area contributed by atoms with Crippen LogP contribution in [0, 0.1) is 0 Å². The van der Waals surface area contributed by atoms with E-state index < -0.39 is 0 Å². The number of thiazole rings is 1. The van der Waals surface area contributed by atoms with E-state index in [0.29, 0.717) is 18.1 Å². The fourth-order valence-electron chi connectivity index (χ4n) is 3.01. The third-order valence-corrected chi connectivity index (χ3v) is 5.76. The number of rotatable bonds is 2. The average Bonchev–Trinajstić information content (AvgIpc) is 2.89. The summed E-state index contributed by atoms with van der Waals surface area (Å²) in [6, 6.07) is 0.243. The molecular weight excluding hydrogens is 294 g/mol. The molecule has 2 N–H and O–H groups in total. The summed E-state index contributed by atoms with van der Waals surface area (Å²) in [4.78, 5) is 30.8. The van der Waals surface area contributed by atoms with E-state index in [-0.39, 0.29) is 22.3 Å². The average molecular weight is 311 g/mol. The summed E-state index contributed by atoms with van der Waals surface area (Å²) < 4.78 is 0. The highest BCUT2D eigenvalue weighted by Crippen LogP contribution is 2.33. The van der Waals surface area contributed by atoms with Crippen LogP contribution in [-0.4, -0.2) is 38.7 Å². The van der Waals surface area contributed by atoms with Gasteiger partial charge in [-0.05, 0) is 12.8 Å². The largest absolute Gasteiger partial charge is 0.375 e. The van der Waals surface area contributed by atoms with E-state index in [0.717, 1.165) is 25.0 Å². The van der Waals surface area contributed by atoms with Gasteiger partial charge in [-0.2, -0.15) is 0 Å². The first-order valence-electron chi connectivity index (χ1n) is 6.73. The summed E-state index contributed by atoms with van der Waals surface area (Å²) in [5, 5.41) is 0.826. The van der Waals surface area contributed by atoms with Crippen molar-refractivity contribution in [1.29, 1.82) is 0 Å². The summed E-state index contributed by atoms with van der Waals surface area (Å²) in [5.74, 6) is 0.176. The van der Waals surface area contributed by atoms with Crippen LogP contribution < -0.4 is 5.73 Å². The minimum absolute atomic E-state index is 0.0887. The van der Waals surface area contributed by atoms with E-state index in [4.69, 9.17) is 5.73 Å². The number of nitrogens with two attached hydrogens (primary N) is 1. The van der Waals surface area contributed by atoms with Crippen molar-refractivity contribution < 1.29 is 9.59 Å². The molecule has 0 aromatic carbocycles. The molecule has 7 heteroatoms. The molecule has 1 aliphatic carbocycles. The molecule has 1 saturated heterocycles. The number of hydrogen-bond donors (Lipinski definition) is 1. The summed E-state index contributed by atoms with van der Waals surface area (Å²) in [6.45, 7) is 2.25. The second-order valence-electron chi connectivity index (χ2n) is 5.30. The van der Waals surface area contributed by atoms with Gasteiger partial charge in [0, 0.05) is 42.5 Å². The first-order valence-corrected chi connectivity index (χ1v) is 8.43. The zero-order valence-corrected chi connectivity index (χ0v) is 12.9. The number of likely N-dealkylation sites (tertiary alicyclic amines) is 1. The molecule has 0 spiro atoms. The van der Waals surface area contributed by atoms with Crippen molar-refractivity contribution in [3.05, 3.63) is 10.6 Å². The molecule has 2 heterocycles. The third-order valence-electron chi connectivity index (χ3n) is 3.83. The number of nitrogen functional groups attached to an aromatic ring is 1. The predicted octanol–water partition coefficient (Wildman–Crippen LogP) is 1.46. The quantitative estimate of drug-likeness (QED) is 0.895. The lowest BCUT2D eigenvalue weighted by molar-refractivity contribution is -0.129. The minimum Gasteiger partial charge on any atom is -0.375 e. The highest BCUT2D eigenvalue weighted by molar-refractivity contribution is 8.14. The van der Waals surface area contributed by atoms with Crippen LogP contribution in [0.4, 0.5) is 5.13 Å². The Morgan fingerprint density at radius 1 is 1.50 bits per heavy atom. The van der Waals surface area contributed by atoms with Crippen molar-refractivity contribution in [2.24, 2.45) is 0 Å². The number of nitrogens with zero attached hydrogens (tertiary/aromatic N) is 2. The van der Waals surface area contributed by atoms with E-state index in [1.807, 2.05) is 4.90 Å². The number of anilines is 1. The fourth-order valence-corrected chi connectivity index (χ4v) is 4.89. The van der Waals surface area contributed by atoms with Crippen molar-refractivity contribution in [3.63, 3.8) is 0 Å². The Morgan fingerprint density at radius 3 is 3.05 bits per heavy atom. The Balaban J connectivity index is 1.69. The van der Waals surface area contributed by atoms with Gasteiger partial charge in [0.1, 0.15) is 0 Å². The van der Waals surface area contributed by atoms with Crippen LogP contribution >= 0.6 is 23.1 Å². The van der Waals surface area contributed by atoms with Crippen LogP contribution in [0.5, 0.6) is 0 Å². The molecule has 108 valence electrons. The lowest BCUT2D eigenvalue weighted by Crippen LogP contribution is -2.40. The topological polar surface area (TPSA) is 76.3 Å². The van der Waals surface area contributed by atoms with Gasteiger partial charge in [-0.1, -0.05) is 11.8 Å². The van der Waals surface area contributed by atoms with Crippen LogP contribution in [0.15, 0.2) is 0 Å². The minimum atomic E-state index is 0.0887. The standard InChI is InChI=1S/C13H17N3O2S2/c1-7(17)19-9-5-12(18)16(6-9)8-2-3-10-11(4-8)20-13(14)15-10/h8-9H,2-6H2,1H3,(H2,14,15)/t8-,9?/m0/s1. The Kier molecular flexibility index (Phi) is 3.72. The number of fused-ring (bicyclic) bond motifs is 1. The fraction of sp³-hybridized carbons (Fsp3) is 0.615. The van der Waals surface area contributed by atoms with Gasteiger partial charge in [0.05, 0.1) is 5.69 Å². The van der Waals surface area contributed by atoms with Gasteiger partial charge >= 0.3 is 0 Å². The molecule has 20 heavy (non-hydrogen) atoms. The summed E-state index contributed by atoms with van der Waals surface area (Å²) in [6.07, 6.45) is 3.17. The molecule has 1 aliphatic heterocycles. The molecular formula is C13H17N3O2S2. The Morgan fingerprint density at radius 2 is 2.30 bits per heavy atom. The maximum atomic E-state index is 12.1. The van der Waals surface area contributed by atoms with E-state index in [1.165, 1.54) is 28.0 Å². The molecule has 1 aromatic rings. The summed E-state index contributed by atoms with van der Waals surface area (Å²) in [7, 11) is 0. The maximum absolute atomic E-state index is 12.1. The van der Waals surface area contributed by atoms with E-state index >= 15 is 0 Å². The first kappa shape index (κ1) is 13.9. The molecule has 0 saturated carbocycles. The summed E-state index contributed by atoms with van der Waals surface area (Å²) >= 11 is 2.83. The molecule has 1 unspecified atom stereocenters. The molecule has 2 aliphatic rings. The Labute approximate surface area is 125 Å². The number of aromatic nitrogens is 1. The van der Waals surface area contributed by atoms with Crippen LogP contribution in [0.3, 0.4) is 0 Å². The third kappa shape index (κ3) is 2.69. The number of carbonyl (C=O) groups is 2. The zero-order valence-electron chi connectivity index (χ0n) is 11.3. The van der Waals surface area contributed by atoms with Crippen molar-refractivity contribution in [1.82, 2.24) is 9.88 Å². The number of amides is 1. The second-order valence-corrected chi connectivity index (χ2v) is 7.89. The van der Waals surface area contributed by atoms with Gasteiger partial charge in [-0.25, -0.2) is 4.98 Å².